The molecule has 0 aliphatic rings. The number of carboxylic acids is 1. The van der Waals surface area contributed by atoms with Crippen LogP contribution in [0.25, 0.3) is 11.0 Å². The standard InChI is InChI=1S/C13H16N4O3/c1-2-3-9(7-12(18)19)14-13(20)8-4-5-10-11(6-8)16-17-15-10/h4-6,9H,2-3,7H2,1H3,(H,14,20)(H,18,19)(H,15,16,17). The predicted molar refractivity (Wildman–Crippen MR) is 72.3 cm³/mol. The summed E-state index contributed by atoms with van der Waals surface area (Å²) in [6, 6.07) is 4.60. The molecule has 0 bridgehead atoms. The Balaban J connectivity index is 2.10. The molecular weight excluding hydrogens is 260 g/mol. The number of benzene rings is 1. The molecule has 2 aromatic rings. The number of nitrogens with one attached hydrogen (secondary N) is 2. The topological polar surface area (TPSA) is 108 Å². The Hall–Kier alpha value is -2.44. The summed E-state index contributed by atoms with van der Waals surface area (Å²) >= 11 is 0. The van der Waals surface area contributed by atoms with E-state index >= 15 is 0 Å². The third kappa shape index (κ3) is 3.31. The van der Waals surface area contributed by atoms with Gasteiger partial charge in [0.15, 0.2) is 0 Å². The molecule has 0 saturated carbocycles. The summed E-state index contributed by atoms with van der Waals surface area (Å²) in [5, 5.41) is 21.9. The van der Waals surface area contributed by atoms with Crippen molar-refractivity contribution in [3.05, 3.63) is 23.8 Å². The molecule has 0 radical (unpaired) electrons. The van der Waals surface area contributed by atoms with Crippen molar-refractivity contribution >= 4 is 22.9 Å². The largest absolute Gasteiger partial charge is 0.481 e. The number of amides is 1. The van der Waals surface area contributed by atoms with Gasteiger partial charge in [0.25, 0.3) is 5.91 Å². The molecule has 0 saturated heterocycles. The summed E-state index contributed by atoms with van der Waals surface area (Å²) < 4.78 is 0. The molecule has 2 rings (SSSR count). The van der Waals surface area contributed by atoms with Gasteiger partial charge in [0.2, 0.25) is 0 Å². The van der Waals surface area contributed by atoms with Gasteiger partial charge in [0, 0.05) is 11.6 Å². The second kappa shape index (κ2) is 6.14. The minimum absolute atomic E-state index is 0.0776. The molecule has 1 unspecified atom stereocenters. The Labute approximate surface area is 115 Å². The Morgan fingerprint density at radius 1 is 1.35 bits per heavy atom. The highest BCUT2D eigenvalue weighted by molar-refractivity contribution is 5.97. The van der Waals surface area contributed by atoms with Gasteiger partial charge in [-0.2, -0.15) is 15.4 Å². The Bertz CT molecular complexity index is 623. The first-order valence-electron chi connectivity index (χ1n) is 6.43. The van der Waals surface area contributed by atoms with Crippen molar-refractivity contribution in [1.29, 1.82) is 0 Å². The second-order valence-electron chi connectivity index (χ2n) is 4.58. The molecule has 7 heteroatoms. The molecule has 20 heavy (non-hydrogen) atoms. The quantitative estimate of drug-likeness (QED) is 0.737. The minimum Gasteiger partial charge on any atom is -0.481 e. The zero-order chi connectivity index (χ0) is 14.5. The molecule has 3 N–H and O–H groups in total. The van der Waals surface area contributed by atoms with Crippen molar-refractivity contribution in [3.63, 3.8) is 0 Å². The molecule has 0 aliphatic heterocycles. The molecule has 0 fully saturated rings. The number of H-pyrrole nitrogens is 1. The van der Waals surface area contributed by atoms with E-state index < -0.39 is 5.97 Å². The molecule has 7 nitrogen and oxygen atoms in total. The lowest BCUT2D eigenvalue weighted by molar-refractivity contribution is -0.137. The Morgan fingerprint density at radius 3 is 2.80 bits per heavy atom. The SMILES string of the molecule is CCCC(CC(=O)O)NC(=O)c1ccc2n[nH]nc2c1. The fourth-order valence-corrected chi connectivity index (χ4v) is 2.03. The first-order chi connectivity index (χ1) is 9.60. The van der Waals surface area contributed by atoms with Crippen LogP contribution in [-0.4, -0.2) is 38.4 Å². The second-order valence-corrected chi connectivity index (χ2v) is 4.58. The number of aromatic amines is 1. The third-order valence-corrected chi connectivity index (χ3v) is 2.97. The van der Waals surface area contributed by atoms with Gasteiger partial charge in [-0.1, -0.05) is 13.3 Å². The van der Waals surface area contributed by atoms with Crippen LogP contribution < -0.4 is 5.32 Å². The summed E-state index contributed by atoms with van der Waals surface area (Å²) in [4.78, 5) is 22.9. The maximum Gasteiger partial charge on any atom is 0.305 e. The maximum atomic E-state index is 12.1. The number of carbonyl (C=O) groups excluding carboxylic acids is 1. The zero-order valence-electron chi connectivity index (χ0n) is 11.1. The number of carboxylic acid groups (broad SMARTS) is 1. The van der Waals surface area contributed by atoms with E-state index in [-0.39, 0.29) is 18.4 Å². The maximum absolute atomic E-state index is 12.1. The van der Waals surface area contributed by atoms with Gasteiger partial charge in [-0.25, -0.2) is 0 Å². The lowest BCUT2D eigenvalue weighted by Gasteiger charge is -2.16. The molecule has 1 atom stereocenters. The van der Waals surface area contributed by atoms with Crippen LogP contribution in [0.5, 0.6) is 0 Å². The number of aliphatic carboxylic acids is 1. The molecule has 1 aromatic heterocycles. The van der Waals surface area contributed by atoms with Crippen LogP contribution in [0.3, 0.4) is 0 Å². The highest BCUT2D eigenvalue weighted by Gasteiger charge is 2.16. The van der Waals surface area contributed by atoms with Crippen LogP contribution in [0.2, 0.25) is 0 Å². The van der Waals surface area contributed by atoms with Crippen molar-refractivity contribution in [3.8, 4) is 0 Å². The lowest BCUT2D eigenvalue weighted by Crippen LogP contribution is -2.36. The monoisotopic (exact) mass is 276 g/mol. The molecule has 1 amide bonds. The van der Waals surface area contributed by atoms with Crippen LogP contribution in [0.4, 0.5) is 0 Å². The summed E-state index contributed by atoms with van der Waals surface area (Å²) in [6.45, 7) is 1.95. The van der Waals surface area contributed by atoms with Crippen LogP contribution >= 0.6 is 0 Å². The zero-order valence-corrected chi connectivity index (χ0v) is 11.1. The molecule has 106 valence electrons. The van der Waals surface area contributed by atoms with Crippen LogP contribution in [-0.2, 0) is 4.79 Å². The van der Waals surface area contributed by atoms with E-state index in [2.05, 4.69) is 20.7 Å². The predicted octanol–water partition coefficient (Wildman–Crippen LogP) is 1.33. The number of hydrogen-bond acceptors (Lipinski definition) is 4. The van der Waals surface area contributed by atoms with Gasteiger partial charge < -0.3 is 10.4 Å². The number of carbonyl (C=O) groups is 2. The van der Waals surface area contributed by atoms with Crippen LogP contribution in [0.15, 0.2) is 18.2 Å². The van der Waals surface area contributed by atoms with E-state index in [1.54, 1.807) is 18.2 Å². The number of fused-ring (bicyclic) bond motifs is 1. The van der Waals surface area contributed by atoms with Gasteiger partial charge in [-0.05, 0) is 24.6 Å². The highest BCUT2D eigenvalue weighted by Crippen LogP contribution is 2.11. The average Bonchev–Trinajstić information content (AvgIpc) is 2.85. The molecule has 0 aliphatic carbocycles. The Morgan fingerprint density at radius 2 is 2.10 bits per heavy atom. The number of hydrogen-bond donors (Lipinski definition) is 3. The number of aromatic nitrogens is 3. The molecule has 1 heterocycles. The molecular formula is C13H16N4O3. The summed E-state index contributed by atoms with van der Waals surface area (Å²) in [6.07, 6.45) is 1.36. The van der Waals surface area contributed by atoms with E-state index in [9.17, 15) is 9.59 Å². The summed E-state index contributed by atoms with van der Waals surface area (Å²) in [5.74, 6) is -1.22. The van der Waals surface area contributed by atoms with Crippen molar-refractivity contribution in [2.45, 2.75) is 32.2 Å². The van der Waals surface area contributed by atoms with Crippen molar-refractivity contribution in [2.24, 2.45) is 0 Å². The summed E-state index contributed by atoms with van der Waals surface area (Å²) in [5.41, 5.74) is 1.72. The van der Waals surface area contributed by atoms with E-state index in [4.69, 9.17) is 5.11 Å². The van der Waals surface area contributed by atoms with E-state index in [0.29, 0.717) is 23.0 Å². The number of nitrogens with zero attached hydrogens (tertiary/aromatic N) is 2. The van der Waals surface area contributed by atoms with Gasteiger partial charge in [-0.15, -0.1) is 0 Å². The molecule has 0 spiro atoms. The first kappa shape index (κ1) is 14.0. The normalized spacial score (nSPS) is 12.2. The first-order valence-corrected chi connectivity index (χ1v) is 6.43. The third-order valence-electron chi connectivity index (χ3n) is 2.97. The van der Waals surface area contributed by atoms with Crippen molar-refractivity contribution in [2.75, 3.05) is 0 Å². The smallest absolute Gasteiger partial charge is 0.305 e. The fraction of sp³-hybridized carbons (Fsp3) is 0.385. The van der Waals surface area contributed by atoms with Gasteiger partial charge in [-0.3, -0.25) is 9.59 Å². The molecule has 1 aromatic carbocycles. The Kier molecular flexibility index (Phi) is 4.29. The van der Waals surface area contributed by atoms with Crippen LogP contribution in [0, 0.1) is 0 Å². The van der Waals surface area contributed by atoms with Crippen molar-refractivity contribution < 1.29 is 14.7 Å². The van der Waals surface area contributed by atoms with Crippen molar-refractivity contribution in [1.82, 2.24) is 20.7 Å². The number of rotatable bonds is 6. The van der Waals surface area contributed by atoms with E-state index in [1.165, 1.54) is 0 Å². The van der Waals surface area contributed by atoms with Crippen LogP contribution in [0.1, 0.15) is 36.5 Å². The fourth-order valence-electron chi connectivity index (χ4n) is 2.03. The van der Waals surface area contributed by atoms with Gasteiger partial charge in [0.1, 0.15) is 11.0 Å². The summed E-state index contributed by atoms with van der Waals surface area (Å²) in [7, 11) is 0. The highest BCUT2D eigenvalue weighted by atomic mass is 16.4. The van der Waals surface area contributed by atoms with Gasteiger partial charge >= 0.3 is 5.97 Å². The van der Waals surface area contributed by atoms with E-state index in [0.717, 1.165) is 6.42 Å². The average molecular weight is 276 g/mol. The minimum atomic E-state index is -0.921. The van der Waals surface area contributed by atoms with E-state index in [1.807, 2.05) is 6.92 Å². The van der Waals surface area contributed by atoms with Gasteiger partial charge in [0.05, 0.1) is 6.42 Å². The lowest BCUT2D eigenvalue weighted by atomic mass is 10.1.